The molecule has 1 N–H and O–H groups in total. The van der Waals surface area contributed by atoms with Gasteiger partial charge in [-0.05, 0) is 17.7 Å². The summed E-state index contributed by atoms with van der Waals surface area (Å²) in [4.78, 5) is 19.2. The molecular weight excluding hydrogens is 564 g/mol. The Bertz CT molecular complexity index is 1050. The highest BCUT2D eigenvalue weighted by atomic mass is 35.5. The Hall–Kier alpha value is -3.06. The van der Waals surface area contributed by atoms with Crippen LogP contribution in [-0.2, 0) is 0 Å². The van der Waals surface area contributed by atoms with Crippen molar-refractivity contribution >= 4 is 34.9 Å². The molecule has 0 radical (unpaired) electrons. The van der Waals surface area contributed by atoms with Crippen molar-refractivity contribution < 1.29 is 62.5 Å². The molecule has 0 aliphatic heterocycles. The number of nitro benzene ring substituents is 2. The molecule has 0 amide bonds. The molecule has 1 unspecified atom stereocenters. The van der Waals surface area contributed by atoms with Gasteiger partial charge in [0.15, 0.2) is 0 Å². The molecule has 36 heavy (non-hydrogen) atoms. The summed E-state index contributed by atoms with van der Waals surface area (Å²) in [5.74, 6) is -40.2. The second-order valence-electron chi connectivity index (χ2n) is 6.81. The van der Waals surface area contributed by atoms with Crippen LogP contribution in [0.5, 0.6) is 0 Å². The topological polar surface area (TPSA) is 111 Å². The molecule has 0 spiro atoms. The smallest absolute Gasteiger partial charge is 0.272 e. The second-order valence-corrected chi connectivity index (χ2v) is 7.29. The van der Waals surface area contributed by atoms with Crippen molar-refractivity contribution in [1.29, 1.82) is 0 Å². The molecule has 0 saturated heterocycles. The van der Waals surface area contributed by atoms with Gasteiger partial charge in [0, 0.05) is 12.3 Å². The van der Waals surface area contributed by atoms with Gasteiger partial charge in [-0.1, -0.05) is 6.92 Å². The number of alkyl halides is 13. The summed E-state index contributed by atoms with van der Waals surface area (Å²) in [6, 6.07) is 1.57. The lowest BCUT2D eigenvalue weighted by Gasteiger charge is -2.41. The maximum absolute atomic E-state index is 14.0. The summed E-state index contributed by atoms with van der Waals surface area (Å²) in [5, 5.41) is 17.8. The first-order chi connectivity index (χ1) is 15.9. The zero-order chi connectivity index (χ0) is 28.7. The van der Waals surface area contributed by atoms with E-state index in [1.54, 1.807) is 5.43 Å². The number of hydrazone groups is 1. The number of hydrogen-bond donors (Lipinski definition) is 1. The minimum atomic E-state index is -7.82. The first-order valence-corrected chi connectivity index (χ1v) is 8.93. The molecule has 1 aromatic rings. The van der Waals surface area contributed by atoms with E-state index < -0.39 is 67.8 Å². The van der Waals surface area contributed by atoms with Crippen LogP contribution < -0.4 is 5.43 Å². The zero-order valence-corrected chi connectivity index (χ0v) is 17.5. The SMILES string of the molecule is CC(/C=N/Nc1ccc([N+](=O)[O-])cc1[N+](=O)[O-])C(F)(F)C(F)(F)C(F)(F)C(F)(F)C(F)(F)C(F)(F)Cl. The van der Waals surface area contributed by atoms with Gasteiger partial charge in [-0.15, -0.1) is 0 Å². The fourth-order valence-corrected chi connectivity index (χ4v) is 2.38. The summed E-state index contributed by atoms with van der Waals surface area (Å²) in [5.41, 5.74) is -1.15. The van der Waals surface area contributed by atoms with Crippen molar-refractivity contribution in [2.75, 3.05) is 5.43 Å². The monoisotopic (exact) mass is 572 g/mol. The van der Waals surface area contributed by atoms with Crippen LogP contribution >= 0.6 is 11.6 Å². The van der Waals surface area contributed by atoms with E-state index >= 15 is 0 Å². The maximum Gasteiger partial charge on any atom is 0.393 e. The molecule has 0 fully saturated rings. The number of non-ortho nitro benzene ring substituents is 1. The van der Waals surface area contributed by atoms with Crippen LogP contribution in [0.4, 0.5) is 69.7 Å². The van der Waals surface area contributed by atoms with Crippen molar-refractivity contribution in [2.24, 2.45) is 11.0 Å². The molecule has 0 heterocycles. The van der Waals surface area contributed by atoms with Crippen molar-refractivity contribution in [3.63, 3.8) is 0 Å². The van der Waals surface area contributed by atoms with Gasteiger partial charge in [-0.25, -0.2) is 0 Å². The van der Waals surface area contributed by atoms with Crippen LogP contribution in [0, 0.1) is 26.1 Å². The Morgan fingerprint density at radius 1 is 0.861 bits per heavy atom. The quantitative estimate of drug-likeness (QED) is 0.106. The summed E-state index contributed by atoms with van der Waals surface area (Å²) in [6.07, 6.45) is -0.387. The van der Waals surface area contributed by atoms with Crippen molar-refractivity contribution in [3.05, 3.63) is 38.4 Å². The Morgan fingerprint density at radius 3 is 1.75 bits per heavy atom. The average molecular weight is 573 g/mol. The van der Waals surface area contributed by atoms with E-state index in [2.05, 4.69) is 16.7 Å². The van der Waals surface area contributed by atoms with E-state index in [-0.39, 0.29) is 13.1 Å². The fraction of sp³-hybridized carbons (Fsp3) is 0.533. The number of halogens is 13. The molecule has 0 saturated carbocycles. The van der Waals surface area contributed by atoms with Gasteiger partial charge >= 0.3 is 40.7 Å². The van der Waals surface area contributed by atoms with Gasteiger partial charge in [-0.2, -0.15) is 57.8 Å². The van der Waals surface area contributed by atoms with E-state index in [9.17, 15) is 72.9 Å². The first-order valence-electron chi connectivity index (χ1n) is 8.55. The predicted molar refractivity (Wildman–Crippen MR) is 96.6 cm³/mol. The van der Waals surface area contributed by atoms with Crippen LogP contribution in [0.2, 0.25) is 0 Å². The lowest BCUT2D eigenvalue weighted by atomic mass is 9.89. The molecule has 204 valence electrons. The molecule has 0 aromatic heterocycles. The third kappa shape index (κ3) is 4.94. The Labute approximate surface area is 195 Å². The van der Waals surface area contributed by atoms with Crippen LogP contribution in [-0.4, -0.2) is 51.1 Å². The summed E-state index contributed by atoms with van der Waals surface area (Å²) >= 11 is 3.59. The average Bonchev–Trinajstić information content (AvgIpc) is 2.71. The Kier molecular flexibility index (Phi) is 8.11. The summed E-state index contributed by atoms with van der Waals surface area (Å²) in [7, 11) is 0. The van der Waals surface area contributed by atoms with E-state index in [1.165, 1.54) is 0 Å². The van der Waals surface area contributed by atoms with Crippen molar-refractivity contribution in [1.82, 2.24) is 0 Å². The minimum absolute atomic E-state index is 0.0636. The van der Waals surface area contributed by atoms with Gasteiger partial charge < -0.3 is 0 Å². The maximum atomic E-state index is 14.0. The molecular formula is C15H9ClF12N4O4. The van der Waals surface area contributed by atoms with Gasteiger partial charge in [0.1, 0.15) is 5.69 Å². The lowest BCUT2D eigenvalue weighted by Crippen LogP contribution is -2.70. The van der Waals surface area contributed by atoms with E-state index in [0.717, 1.165) is 0 Å². The highest BCUT2D eigenvalue weighted by Crippen LogP contribution is 2.61. The predicted octanol–water partition coefficient (Wildman–Crippen LogP) is 6.54. The van der Waals surface area contributed by atoms with Crippen LogP contribution in [0.15, 0.2) is 23.3 Å². The molecule has 8 nitrogen and oxygen atoms in total. The standard InChI is InChI=1S/C15H9ClF12N4O4/c1-6(5-29-30-8-3-2-7(31(33)34)4-9(8)32(35)36)10(17,18)11(19,20)12(21,22)13(23,24)14(25,26)15(16,27)28/h2-6,30H,1H3/b29-5+. The third-order valence-electron chi connectivity index (χ3n) is 4.40. The molecule has 0 aliphatic carbocycles. The van der Waals surface area contributed by atoms with Crippen molar-refractivity contribution in [2.45, 2.75) is 41.9 Å². The highest BCUT2D eigenvalue weighted by molar-refractivity contribution is 6.22. The molecule has 1 aromatic carbocycles. The highest BCUT2D eigenvalue weighted by Gasteiger charge is 2.90. The molecule has 0 aliphatic rings. The zero-order valence-electron chi connectivity index (χ0n) is 16.8. The van der Waals surface area contributed by atoms with Crippen LogP contribution in [0.3, 0.4) is 0 Å². The second kappa shape index (κ2) is 9.43. The third-order valence-corrected chi connectivity index (χ3v) is 4.64. The van der Waals surface area contributed by atoms with Crippen LogP contribution in [0.1, 0.15) is 6.92 Å². The first kappa shape index (κ1) is 31.0. The number of nitrogens with one attached hydrogen (secondary N) is 1. The number of benzene rings is 1. The van der Waals surface area contributed by atoms with E-state index in [0.29, 0.717) is 18.2 Å². The number of nitrogens with zero attached hydrogens (tertiary/aromatic N) is 3. The van der Waals surface area contributed by atoms with Crippen LogP contribution in [0.25, 0.3) is 0 Å². The van der Waals surface area contributed by atoms with E-state index in [4.69, 9.17) is 0 Å². The molecule has 0 bridgehead atoms. The number of rotatable bonds is 11. The Morgan fingerprint density at radius 2 is 1.33 bits per heavy atom. The molecule has 21 heteroatoms. The number of hydrogen-bond acceptors (Lipinski definition) is 6. The minimum Gasteiger partial charge on any atom is -0.272 e. The van der Waals surface area contributed by atoms with Gasteiger partial charge in [0.25, 0.3) is 5.69 Å². The van der Waals surface area contributed by atoms with Gasteiger partial charge in [0.2, 0.25) is 0 Å². The van der Waals surface area contributed by atoms with Gasteiger partial charge in [-0.3, -0.25) is 25.7 Å². The fourth-order valence-electron chi connectivity index (χ4n) is 2.26. The van der Waals surface area contributed by atoms with Crippen molar-refractivity contribution in [3.8, 4) is 0 Å². The van der Waals surface area contributed by atoms with Gasteiger partial charge in [0.05, 0.1) is 21.8 Å². The normalized spacial score (nSPS) is 15.2. The summed E-state index contributed by atoms with van der Waals surface area (Å²) < 4.78 is 161. The molecule has 1 atom stereocenters. The Balaban J connectivity index is 3.33. The largest absolute Gasteiger partial charge is 0.393 e. The molecule has 1 rings (SSSR count). The lowest BCUT2D eigenvalue weighted by molar-refractivity contribution is -0.419. The number of anilines is 1. The number of nitro groups is 2. The summed E-state index contributed by atoms with van der Waals surface area (Å²) in [6.45, 7) is -0.0636. The van der Waals surface area contributed by atoms with E-state index in [1.807, 2.05) is 0 Å².